The maximum Gasteiger partial charge on any atom is 0.186 e. The van der Waals surface area contributed by atoms with E-state index in [9.17, 15) is 5.11 Å². The summed E-state index contributed by atoms with van der Waals surface area (Å²) in [6.45, 7) is 21.6. The van der Waals surface area contributed by atoms with Gasteiger partial charge in [-0.25, -0.2) is 0 Å². The van der Waals surface area contributed by atoms with Crippen molar-refractivity contribution in [3.05, 3.63) is 24.3 Å². The molecule has 1 unspecified atom stereocenters. The van der Waals surface area contributed by atoms with E-state index >= 15 is 0 Å². The van der Waals surface area contributed by atoms with Crippen LogP contribution >= 0.6 is 0 Å². The summed E-state index contributed by atoms with van der Waals surface area (Å²) in [6.07, 6.45) is 7.67. The molecular weight excluding hydrogens is 428 g/mol. The van der Waals surface area contributed by atoms with Crippen LogP contribution in [0.5, 0.6) is 0 Å². The third-order valence-electron chi connectivity index (χ3n) is 9.69. The van der Waals surface area contributed by atoms with E-state index in [-0.39, 0.29) is 29.1 Å². The van der Waals surface area contributed by atoms with Crippen LogP contribution in [0.1, 0.15) is 87.5 Å². The Labute approximate surface area is 207 Å². The van der Waals surface area contributed by atoms with E-state index in [4.69, 9.17) is 18.9 Å². The van der Waals surface area contributed by atoms with Gasteiger partial charge in [-0.3, -0.25) is 0 Å². The second-order valence-electron chi connectivity index (χ2n) is 12.8. The molecule has 4 rings (SSSR count). The van der Waals surface area contributed by atoms with Crippen LogP contribution in [0, 0.1) is 28.6 Å². The molecule has 3 fully saturated rings. The molecule has 2 heterocycles. The van der Waals surface area contributed by atoms with Gasteiger partial charge in [0.25, 0.3) is 0 Å². The number of ether oxygens (including phenoxy) is 4. The average Bonchev–Trinajstić information content (AvgIpc) is 3.09. The molecule has 5 nitrogen and oxygen atoms in total. The molecule has 2 aliphatic heterocycles. The zero-order valence-electron chi connectivity index (χ0n) is 22.7. The summed E-state index contributed by atoms with van der Waals surface area (Å²) in [5, 5.41) is 11.1. The van der Waals surface area contributed by atoms with E-state index in [0.29, 0.717) is 17.8 Å². The van der Waals surface area contributed by atoms with E-state index in [1.54, 1.807) is 5.57 Å². The summed E-state index contributed by atoms with van der Waals surface area (Å²) < 4.78 is 24.9. The molecule has 0 bridgehead atoms. The zero-order chi connectivity index (χ0) is 25.1. The summed E-state index contributed by atoms with van der Waals surface area (Å²) in [5.41, 5.74) is 1.76. The Kier molecular flexibility index (Phi) is 7.21. The minimum absolute atomic E-state index is 0.0175. The Morgan fingerprint density at radius 1 is 1.21 bits per heavy atom. The van der Waals surface area contributed by atoms with Crippen LogP contribution in [0.15, 0.2) is 24.3 Å². The van der Waals surface area contributed by atoms with Crippen molar-refractivity contribution in [3.63, 3.8) is 0 Å². The van der Waals surface area contributed by atoms with Gasteiger partial charge in [-0.2, -0.15) is 0 Å². The first-order valence-electron chi connectivity index (χ1n) is 13.4. The number of hydrogen-bond donors (Lipinski definition) is 1. The number of hydrogen-bond acceptors (Lipinski definition) is 5. The Balaban J connectivity index is 1.50. The molecule has 2 aliphatic carbocycles. The van der Waals surface area contributed by atoms with Crippen LogP contribution in [0.4, 0.5) is 0 Å². The van der Waals surface area contributed by atoms with E-state index in [1.165, 1.54) is 12.8 Å². The standard InChI is InChI=1S/C29H48O5/c1-10-17(2)11-13-20-18(3)12-14-21-27(5,6)22(15-16-29(20,21)9)32-26-23(30)25-24(19(4)31-26)33-28(7,8)34-25/h10,12,17,19-26,30H,1,11,13-16H2,2-9H3/t17-,19+,20-,21-,22?,23+,24-,25+,26-,29+/m0/s1. The van der Waals surface area contributed by atoms with E-state index in [0.717, 1.165) is 19.3 Å². The van der Waals surface area contributed by atoms with Crippen LogP contribution in [-0.4, -0.2) is 47.7 Å². The Morgan fingerprint density at radius 3 is 2.56 bits per heavy atom. The lowest BCUT2D eigenvalue weighted by Gasteiger charge is -2.60. The first-order valence-corrected chi connectivity index (χ1v) is 13.4. The molecule has 0 amide bonds. The van der Waals surface area contributed by atoms with Gasteiger partial charge in [0.2, 0.25) is 0 Å². The van der Waals surface area contributed by atoms with Gasteiger partial charge < -0.3 is 24.1 Å². The molecule has 194 valence electrons. The fourth-order valence-corrected chi connectivity index (χ4v) is 7.61. The molecule has 10 atom stereocenters. The molecule has 34 heavy (non-hydrogen) atoms. The van der Waals surface area contributed by atoms with E-state index in [2.05, 4.69) is 53.3 Å². The van der Waals surface area contributed by atoms with Crippen LogP contribution in [0.2, 0.25) is 0 Å². The largest absolute Gasteiger partial charge is 0.385 e. The molecule has 0 aromatic rings. The predicted octanol–water partition coefficient (Wildman–Crippen LogP) is 6.01. The van der Waals surface area contributed by atoms with Gasteiger partial charge in [-0.05, 0) is 88.4 Å². The first kappa shape index (κ1) is 26.3. The number of rotatable bonds is 6. The Bertz CT molecular complexity index is 787. The van der Waals surface area contributed by atoms with Crippen molar-refractivity contribution in [1.82, 2.24) is 0 Å². The quantitative estimate of drug-likeness (QED) is 0.476. The normalized spacial score (nSPS) is 46.2. The van der Waals surface area contributed by atoms with E-state index < -0.39 is 24.3 Å². The summed E-state index contributed by atoms with van der Waals surface area (Å²) in [6, 6.07) is 0. The maximum atomic E-state index is 11.1. The molecule has 5 heteroatoms. The fourth-order valence-electron chi connectivity index (χ4n) is 7.61. The summed E-state index contributed by atoms with van der Waals surface area (Å²) in [4.78, 5) is 0. The highest BCUT2D eigenvalue weighted by Gasteiger charge is 2.58. The van der Waals surface area contributed by atoms with Gasteiger partial charge in [0.1, 0.15) is 18.3 Å². The van der Waals surface area contributed by atoms with Crippen molar-refractivity contribution < 1.29 is 24.1 Å². The van der Waals surface area contributed by atoms with Crippen LogP contribution < -0.4 is 0 Å². The highest BCUT2D eigenvalue weighted by molar-refractivity contribution is 5.19. The van der Waals surface area contributed by atoms with Crippen LogP contribution in [0.3, 0.4) is 0 Å². The number of aliphatic hydroxyl groups excluding tert-OH is 1. The molecule has 1 N–H and O–H groups in total. The molecule has 0 spiro atoms. The molecule has 0 aromatic heterocycles. The summed E-state index contributed by atoms with van der Waals surface area (Å²) in [5.74, 6) is 0.936. The summed E-state index contributed by atoms with van der Waals surface area (Å²) in [7, 11) is 0. The predicted molar refractivity (Wildman–Crippen MR) is 134 cm³/mol. The number of allylic oxidation sites excluding steroid dienone is 3. The van der Waals surface area contributed by atoms with E-state index in [1.807, 2.05) is 20.8 Å². The lowest BCUT2D eigenvalue weighted by atomic mass is 9.47. The molecule has 2 saturated heterocycles. The topological polar surface area (TPSA) is 57.2 Å². The van der Waals surface area contributed by atoms with Crippen molar-refractivity contribution in [3.8, 4) is 0 Å². The fraction of sp³-hybridized carbons (Fsp3) is 0.862. The number of aliphatic hydroxyl groups is 1. The smallest absolute Gasteiger partial charge is 0.186 e. The zero-order valence-corrected chi connectivity index (χ0v) is 22.7. The maximum absolute atomic E-state index is 11.1. The van der Waals surface area contributed by atoms with Crippen LogP contribution in [-0.2, 0) is 18.9 Å². The Morgan fingerprint density at radius 2 is 1.88 bits per heavy atom. The lowest BCUT2D eigenvalue weighted by Crippen LogP contribution is -2.60. The van der Waals surface area contributed by atoms with Gasteiger partial charge in [0.05, 0.1) is 12.2 Å². The minimum atomic E-state index is -0.867. The van der Waals surface area contributed by atoms with Gasteiger partial charge in [0.15, 0.2) is 12.1 Å². The average molecular weight is 477 g/mol. The molecule has 0 radical (unpaired) electrons. The molecule has 0 aromatic carbocycles. The monoisotopic (exact) mass is 476 g/mol. The van der Waals surface area contributed by atoms with Crippen LogP contribution in [0.25, 0.3) is 0 Å². The second-order valence-corrected chi connectivity index (χ2v) is 12.8. The number of fused-ring (bicyclic) bond motifs is 2. The van der Waals surface area contributed by atoms with Gasteiger partial charge in [-0.15, -0.1) is 6.58 Å². The first-order chi connectivity index (χ1) is 15.8. The van der Waals surface area contributed by atoms with Crippen molar-refractivity contribution in [2.24, 2.45) is 28.6 Å². The van der Waals surface area contributed by atoms with Crippen molar-refractivity contribution in [1.29, 1.82) is 0 Å². The van der Waals surface area contributed by atoms with Gasteiger partial charge >= 0.3 is 0 Å². The summed E-state index contributed by atoms with van der Waals surface area (Å²) >= 11 is 0. The lowest BCUT2D eigenvalue weighted by molar-refractivity contribution is -0.307. The highest BCUT2D eigenvalue weighted by atomic mass is 16.8. The van der Waals surface area contributed by atoms with Crippen molar-refractivity contribution >= 4 is 0 Å². The SMILES string of the molecule is C=C[C@H](C)CC[C@H]1C(C)=CC[C@H]2C(C)(C)C(O[C@@H]3O[C@H](C)[C@@H]4OC(C)(C)O[C@@H]4[C@H]3O)CC[C@]12C. The molecule has 1 saturated carbocycles. The third-order valence-corrected chi connectivity index (χ3v) is 9.69. The van der Waals surface area contributed by atoms with Crippen molar-refractivity contribution in [2.45, 2.75) is 130 Å². The molecule has 4 aliphatic rings. The minimum Gasteiger partial charge on any atom is -0.385 e. The van der Waals surface area contributed by atoms with Gasteiger partial charge in [-0.1, -0.05) is 45.4 Å². The van der Waals surface area contributed by atoms with Crippen molar-refractivity contribution in [2.75, 3.05) is 0 Å². The molecular formula is C29H48O5. The highest BCUT2D eigenvalue weighted by Crippen LogP contribution is 2.61. The van der Waals surface area contributed by atoms with Gasteiger partial charge in [0, 0.05) is 0 Å². The second kappa shape index (κ2) is 9.30. The Hall–Kier alpha value is -0.720. The third kappa shape index (κ3) is 4.56.